The third-order valence-electron chi connectivity index (χ3n) is 2.24. The van der Waals surface area contributed by atoms with Crippen LogP contribution in [-0.4, -0.2) is 12.5 Å². The maximum absolute atomic E-state index is 11.4. The average Bonchev–Trinajstić information content (AvgIpc) is 2.54. The zero-order valence-electron chi connectivity index (χ0n) is 8.12. The number of benzene rings is 1. The number of nitrogens with one attached hydrogen (secondary N) is 1. The summed E-state index contributed by atoms with van der Waals surface area (Å²) in [5.74, 6) is -0.0401. The number of amides is 1. The van der Waals surface area contributed by atoms with E-state index in [2.05, 4.69) is 5.32 Å². The molecule has 0 aromatic heterocycles. The van der Waals surface area contributed by atoms with E-state index in [1.165, 1.54) is 0 Å². The van der Waals surface area contributed by atoms with Gasteiger partial charge in [-0.1, -0.05) is 25.1 Å². The molecular weight excluding hydrogens is 178 g/mol. The molecule has 1 unspecified atom stereocenters. The molecule has 1 aromatic carbocycles. The molecule has 0 saturated heterocycles. The van der Waals surface area contributed by atoms with E-state index in [0.29, 0.717) is 6.61 Å². The van der Waals surface area contributed by atoms with Gasteiger partial charge in [0.1, 0.15) is 0 Å². The van der Waals surface area contributed by atoms with Crippen LogP contribution in [0.3, 0.4) is 0 Å². The number of ether oxygens (including phenoxy) is 1. The molecule has 2 rings (SSSR count). The lowest BCUT2D eigenvalue weighted by molar-refractivity contribution is 0.0346. The fraction of sp³-hybridized carbons (Fsp3) is 0.364. The zero-order valence-corrected chi connectivity index (χ0v) is 8.12. The van der Waals surface area contributed by atoms with Crippen LogP contribution in [0.1, 0.15) is 35.5 Å². The Labute approximate surface area is 83.1 Å². The van der Waals surface area contributed by atoms with Crippen LogP contribution in [0.5, 0.6) is 0 Å². The Morgan fingerprint density at radius 1 is 1.43 bits per heavy atom. The first-order chi connectivity index (χ1) is 6.83. The van der Waals surface area contributed by atoms with Crippen molar-refractivity contribution in [3.05, 3.63) is 35.4 Å². The lowest BCUT2D eigenvalue weighted by atomic mass is 10.1. The van der Waals surface area contributed by atoms with Gasteiger partial charge in [-0.3, -0.25) is 4.79 Å². The highest BCUT2D eigenvalue weighted by atomic mass is 16.5. The quantitative estimate of drug-likeness (QED) is 0.791. The number of hydrogen-bond acceptors (Lipinski definition) is 2. The second-order valence-electron chi connectivity index (χ2n) is 3.31. The number of rotatable bonds is 3. The van der Waals surface area contributed by atoms with E-state index < -0.39 is 0 Å². The number of carbonyl (C=O) groups excluding carboxylic acids is 1. The summed E-state index contributed by atoms with van der Waals surface area (Å²) in [5, 5.41) is 2.79. The molecule has 1 atom stereocenters. The van der Waals surface area contributed by atoms with Crippen LogP contribution in [0.25, 0.3) is 0 Å². The molecule has 1 aliphatic heterocycles. The zero-order chi connectivity index (χ0) is 9.97. The SMILES string of the molecule is CCCOC1NC(=O)c2ccccc21. The highest BCUT2D eigenvalue weighted by Gasteiger charge is 2.27. The second kappa shape index (κ2) is 3.80. The fourth-order valence-electron chi connectivity index (χ4n) is 1.57. The molecule has 0 aliphatic carbocycles. The summed E-state index contributed by atoms with van der Waals surface area (Å²) in [5.41, 5.74) is 1.68. The third-order valence-corrected chi connectivity index (χ3v) is 2.24. The fourth-order valence-corrected chi connectivity index (χ4v) is 1.57. The van der Waals surface area contributed by atoms with E-state index in [0.717, 1.165) is 17.5 Å². The van der Waals surface area contributed by atoms with Gasteiger partial charge >= 0.3 is 0 Å². The van der Waals surface area contributed by atoms with Gasteiger partial charge in [-0.15, -0.1) is 0 Å². The van der Waals surface area contributed by atoms with Crippen molar-refractivity contribution in [2.24, 2.45) is 0 Å². The molecule has 0 saturated carbocycles. The van der Waals surface area contributed by atoms with E-state index in [1.807, 2.05) is 31.2 Å². The summed E-state index contributed by atoms with van der Waals surface area (Å²) in [7, 11) is 0. The lowest BCUT2D eigenvalue weighted by Gasteiger charge is -2.11. The van der Waals surface area contributed by atoms with Crippen molar-refractivity contribution in [3.63, 3.8) is 0 Å². The lowest BCUT2D eigenvalue weighted by Crippen LogP contribution is -2.21. The van der Waals surface area contributed by atoms with Gasteiger partial charge in [0.05, 0.1) is 0 Å². The molecule has 0 fully saturated rings. The van der Waals surface area contributed by atoms with Crippen molar-refractivity contribution in [3.8, 4) is 0 Å². The molecule has 0 spiro atoms. The van der Waals surface area contributed by atoms with E-state index in [9.17, 15) is 4.79 Å². The largest absolute Gasteiger partial charge is 0.354 e. The van der Waals surface area contributed by atoms with Crippen LogP contribution >= 0.6 is 0 Å². The minimum absolute atomic E-state index is 0.0401. The molecule has 1 aromatic rings. The standard InChI is InChI=1S/C11H13NO2/c1-2-7-14-11-9-6-4-3-5-8(9)10(13)12-11/h3-6,11H,2,7H2,1H3,(H,12,13). The molecule has 1 N–H and O–H groups in total. The number of fused-ring (bicyclic) bond motifs is 1. The Hall–Kier alpha value is -1.35. The van der Waals surface area contributed by atoms with Gasteiger partial charge in [-0.2, -0.15) is 0 Å². The van der Waals surface area contributed by atoms with Crippen molar-refractivity contribution in [1.29, 1.82) is 0 Å². The molecule has 14 heavy (non-hydrogen) atoms. The molecular formula is C11H13NO2. The summed E-state index contributed by atoms with van der Waals surface area (Å²) in [6.45, 7) is 2.71. The predicted octanol–water partition coefficient (Wildman–Crippen LogP) is 1.86. The maximum Gasteiger partial charge on any atom is 0.253 e. The summed E-state index contributed by atoms with van der Waals surface area (Å²) in [6.07, 6.45) is 0.702. The Balaban J connectivity index is 2.21. The van der Waals surface area contributed by atoms with Gasteiger partial charge in [-0.25, -0.2) is 0 Å². The molecule has 74 valence electrons. The summed E-state index contributed by atoms with van der Waals surface area (Å²) < 4.78 is 5.52. The van der Waals surface area contributed by atoms with Gasteiger partial charge in [0.15, 0.2) is 6.23 Å². The van der Waals surface area contributed by atoms with E-state index >= 15 is 0 Å². The monoisotopic (exact) mass is 191 g/mol. The highest BCUT2D eigenvalue weighted by molar-refractivity contribution is 5.98. The summed E-state index contributed by atoms with van der Waals surface area (Å²) >= 11 is 0. The highest BCUT2D eigenvalue weighted by Crippen LogP contribution is 2.25. The number of hydrogen-bond donors (Lipinski definition) is 1. The van der Waals surface area contributed by atoms with Crippen molar-refractivity contribution in [2.75, 3.05) is 6.61 Å². The van der Waals surface area contributed by atoms with Crippen molar-refractivity contribution >= 4 is 5.91 Å². The Morgan fingerprint density at radius 2 is 2.21 bits per heavy atom. The maximum atomic E-state index is 11.4. The van der Waals surface area contributed by atoms with Gasteiger partial charge in [0.25, 0.3) is 5.91 Å². The Kier molecular flexibility index (Phi) is 2.50. The smallest absolute Gasteiger partial charge is 0.253 e. The molecule has 0 bridgehead atoms. The summed E-state index contributed by atoms with van der Waals surface area (Å²) in [4.78, 5) is 11.4. The van der Waals surface area contributed by atoms with E-state index in [1.54, 1.807) is 0 Å². The minimum atomic E-state index is -0.251. The normalized spacial score (nSPS) is 19.2. The summed E-state index contributed by atoms with van der Waals surface area (Å²) in [6, 6.07) is 7.52. The van der Waals surface area contributed by atoms with Crippen LogP contribution in [0, 0.1) is 0 Å². The van der Waals surface area contributed by atoms with Crippen LogP contribution in [0.2, 0.25) is 0 Å². The van der Waals surface area contributed by atoms with Gasteiger partial charge in [-0.05, 0) is 12.5 Å². The Bertz CT molecular complexity index is 349. The molecule has 3 nitrogen and oxygen atoms in total. The van der Waals surface area contributed by atoms with Crippen LogP contribution in [0.15, 0.2) is 24.3 Å². The second-order valence-corrected chi connectivity index (χ2v) is 3.31. The molecule has 1 amide bonds. The van der Waals surface area contributed by atoms with Crippen LogP contribution in [0.4, 0.5) is 0 Å². The van der Waals surface area contributed by atoms with Crippen LogP contribution < -0.4 is 5.32 Å². The average molecular weight is 191 g/mol. The third kappa shape index (κ3) is 1.51. The molecule has 3 heteroatoms. The predicted molar refractivity (Wildman–Crippen MR) is 52.9 cm³/mol. The van der Waals surface area contributed by atoms with Crippen molar-refractivity contribution < 1.29 is 9.53 Å². The first kappa shape index (κ1) is 9.21. The molecule has 0 radical (unpaired) electrons. The Morgan fingerprint density at radius 3 is 3.00 bits per heavy atom. The van der Waals surface area contributed by atoms with E-state index in [4.69, 9.17) is 4.74 Å². The number of carbonyl (C=O) groups is 1. The first-order valence-electron chi connectivity index (χ1n) is 4.84. The molecule has 1 heterocycles. The van der Waals surface area contributed by atoms with Gasteiger partial charge < -0.3 is 10.1 Å². The van der Waals surface area contributed by atoms with Crippen molar-refractivity contribution in [2.45, 2.75) is 19.6 Å². The first-order valence-corrected chi connectivity index (χ1v) is 4.84. The topological polar surface area (TPSA) is 38.3 Å². The minimum Gasteiger partial charge on any atom is -0.354 e. The van der Waals surface area contributed by atoms with Crippen molar-refractivity contribution in [1.82, 2.24) is 5.32 Å². The van der Waals surface area contributed by atoms with Gasteiger partial charge in [0, 0.05) is 17.7 Å². The van der Waals surface area contributed by atoms with E-state index in [-0.39, 0.29) is 12.1 Å². The van der Waals surface area contributed by atoms with Gasteiger partial charge in [0.2, 0.25) is 0 Å². The molecule has 1 aliphatic rings. The van der Waals surface area contributed by atoms with Crippen LogP contribution in [-0.2, 0) is 4.74 Å².